The highest BCUT2D eigenvalue weighted by molar-refractivity contribution is 7.92. The number of sulfonamides is 1. The Balaban J connectivity index is 2.07. The number of aryl methyl sites for hydroxylation is 3. The van der Waals surface area contributed by atoms with E-state index in [1.807, 2.05) is 45.9 Å². The summed E-state index contributed by atoms with van der Waals surface area (Å²) in [6, 6.07) is 18.2. The van der Waals surface area contributed by atoms with Crippen LogP contribution in [0.25, 0.3) is 0 Å². The number of methoxy groups -OCH3 is 1. The number of likely N-dealkylation sites (N-methyl/N-ethyl adjacent to an activating group) is 1. The zero-order valence-electron chi connectivity index (χ0n) is 23.4. The van der Waals surface area contributed by atoms with Crippen molar-refractivity contribution in [3.05, 3.63) is 89.0 Å². The van der Waals surface area contributed by atoms with E-state index in [9.17, 15) is 18.0 Å². The van der Waals surface area contributed by atoms with Crippen LogP contribution in [0.5, 0.6) is 5.75 Å². The van der Waals surface area contributed by atoms with E-state index >= 15 is 0 Å². The normalized spacial score (nSPS) is 11.9. The first-order valence-corrected chi connectivity index (χ1v) is 14.3. The quantitative estimate of drug-likeness (QED) is 0.382. The van der Waals surface area contributed by atoms with Crippen LogP contribution < -0.4 is 14.4 Å². The van der Waals surface area contributed by atoms with Crippen molar-refractivity contribution in [2.75, 3.05) is 25.0 Å². The van der Waals surface area contributed by atoms with Crippen molar-refractivity contribution in [1.29, 1.82) is 0 Å². The molecule has 3 rings (SSSR count). The largest absolute Gasteiger partial charge is 0.497 e. The maximum atomic E-state index is 14.0. The van der Waals surface area contributed by atoms with Crippen molar-refractivity contribution in [1.82, 2.24) is 10.2 Å². The van der Waals surface area contributed by atoms with Gasteiger partial charge in [-0.05, 0) is 80.3 Å². The highest BCUT2D eigenvalue weighted by Crippen LogP contribution is 2.27. The topological polar surface area (TPSA) is 96.0 Å². The van der Waals surface area contributed by atoms with E-state index in [-0.39, 0.29) is 17.3 Å². The fraction of sp³-hybridized carbons (Fsp3) is 0.333. The van der Waals surface area contributed by atoms with E-state index in [1.165, 1.54) is 24.1 Å². The van der Waals surface area contributed by atoms with E-state index in [4.69, 9.17) is 4.74 Å². The van der Waals surface area contributed by atoms with Crippen molar-refractivity contribution in [3.8, 4) is 5.75 Å². The van der Waals surface area contributed by atoms with Gasteiger partial charge in [0.05, 0.1) is 17.7 Å². The zero-order chi connectivity index (χ0) is 28.7. The molecule has 0 saturated carbocycles. The van der Waals surface area contributed by atoms with Gasteiger partial charge in [-0.3, -0.25) is 13.9 Å². The number of nitrogens with one attached hydrogen (secondary N) is 1. The minimum atomic E-state index is -4.10. The van der Waals surface area contributed by atoms with Gasteiger partial charge >= 0.3 is 0 Å². The SMILES string of the molecule is CC[C@@H](C(=O)NC)N(Cc1ccc(OC)cc1)C(=O)CN(c1ccc(C)c(C)c1)S(=O)(=O)c1ccc(C)cc1. The van der Waals surface area contributed by atoms with Crippen LogP contribution >= 0.6 is 0 Å². The Labute approximate surface area is 231 Å². The van der Waals surface area contributed by atoms with E-state index < -0.39 is 28.5 Å². The van der Waals surface area contributed by atoms with Gasteiger partial charge in [0.1, 0.15) is 18.3 Å². The molecule has 8 nitrogen and oxygen atoms in total. The Kier molecular flexibility index (Phi) is 9.75. The lowest BCUT2D eigenvalue weighted by Crippen LogP contribution is -2.51. The average molecular weight is 552 g/mol. The molecule has 9 heteroatoms. The lowest BCUT2D eigenvalue weighted by atomic mass is 10.1. The summed E-state index contributed by atoms with van der Waals surface area (Å²) in [6.07, 6.45) is 0.357. The smallest absolute Gasteiger partial charge is 0.264 e. The third-order valence-corrected chi connectivity index (χ3v) is 8.60. The summed E-state index contributed by atoms with van der Waals surface area (Å²) in [6.45, 7) is 7.18. The Bertz CT molecular complexity index is 1400. The van der Waals surface area contributed by atoms with Crippen LogP contribution in [0.3, 0.4) is 0 Å². The van der Waals surface area contributed by atoms with Crippen LogP contribution in [-0.4, -0.2) is 51.9 Å². The highest BCUT2D eigenvalue weighted by atomic mass is 32.2. The molecule has 3 aromatic carbocycles. The van der Waals surface area contributed by atoms with Crippen molar-refractivity contribution in [2.24, 2.45) is 0 Å². The van der Waals surface area contributed by atoms with Crippen molar-refractivity contribution < 1.29 is 22.7 Å². The third kappa shape index (κ3) is 6.97. The third-order valence-electron chi connectivity index (χ3n) is 6.81. The maximum absolute atomic E-state index is 14.0. The number of hydrogen-bond donors (Lipinski definition) is 1. The molecule has 0 fully saturated rings. The molecule has 39 heavy (non-hydrogen) atoms. The molecule has 0 bridgehead atoms. The van der Waals surface area contributed by atoms with Crippen LogP contribution in [0.15, 0.2) is 71.6 Å². The van der Waals surface area contributed by atoms with E-state index in [0.29, 0.717) is 17.9 Å². The summed E-state index contributed by atoms with van der Waals surface area (Å²) in [5, 5.41) is 2.63. The van der Waals surface area contributed by atoms with Crippen LogP contribution in [-0.2, 0) is 26.2 Å². The van der Waals surface area contributed by atoms with Gasteiger partial charge < -0.3 is 15.0 Å². The van der Waals surface area contributed by atoms with Crippen LogP contribution in [0.1, 0.15) is 35.6 Å². The van der Waals surface area contributed by atoms with Gasteiger partial charge in [0.15, 0.2) is 0 Å². The second-order valence-corrected chi connectivity index (χ2v) is 11.4. The van der Waals surface area contributed by atoms with Gasteiger partial charge in [-0.15, -0.1) is 0 Å². The van der Waals surface area contributed by atoms with Crippen LogP contribution in [0, 0.1) is 20.8 Å². The summed E-state index contributed by atoms with van der Waals surface area (Å²) in [5.41, 5.74) is 3.99. The molecular weight excluding hydrogens is 514 g/mol. The molecule has 208 valence electrons. The van der Waals surface area contributed by atoms with Crippen molar-refractivity contribution >= 4 is 27.5 Å². The number of hydrogen-bond acceptors (Lipinski definition) is 5. The average Bonchev–Trinajstić information content (AvgIpc) is 2.93. The first-order chi connectivity index (χ1) is 18.5. The van der Waals surface area contributed by atoms with Gasteiger partial charge in [-0.25, -0.2) is 8.42 Å². The van der Waals surface area contributed by atoms with Crippen LogP contribution in [0.2, 0.25) is 0 Å². The lowest BCUT2D eigenvalue weighted by Gasteiger charge is -2.33. The van der Waals surface area contributed by atoms with E-state index in [1.54, 1.807) is 43.5 Å². The molecule has 0 spiro atoms. The molecule has 0 aliphatic rings. The molecule has 2 amide bonds. The summed E-state index contributed by atoms with van der Waals surface area (Å²) >= 11 is 0. The lowest BCUT2D eigenvalue weighted by molar-refractivity contribution is -0.140. The molecule has 0 unspecified atom stereocenters. The predicted molar refractivity (Wildman–Crippen MR) is 153 cm³/mol. The number of anilines is 1. The molecule has 0 heterocycles. The van der Waals surface area contributed by atoms with Crippen molar-refractivity contribution in [2.45, 2.75) is 51.6 Å². The minimum absolute atomic E-state index is 0.0826. The number of carbonyl (C=O) groups is 2. The first-order valence-electron chi connectivity index (χ1n) is 12.8. The van der Waals surface area contributed by atoms with Gasteiger partial charge in [-0.2, -0.15) is 0 Å². The van der Waals surface area contributed by atoms with Gasteiger partial charge in [0, 0.05) is 13.6 Å². The second-order valence-electron chi connectivity index (χ2n) is 9.50. The molecule has 0 aliphatic carbocycles. The maximum Gasteiger partial charge on any atom is 0.264 e. The van der Waals surface area contributed by atoms with Crippen LogP contribution in [0.4, 0.5) is 5.69 Å². The van der Waals surface area contributed by atoms with E-state index in [0.717, 1.165) is 26.6 Å². The molecular formula is C30H37N3O5S. The summed E-state index contributed by atoms with van der Waals surface area (Å²) < 4.78 is 34.2. The standard InChI is InChI=1S/C30H37N3O5S/c1-7-28(30(35)31-5)32(19-24-11-14-26(38-6)15-12-24)29(34)20-33(25-13-10-22(3)23(4)18-25)39(36,37)27-16-8-21(2)9-17-27/h8-18,28H,7,19-20H2,1-6H3,(H,31,35)/t28-/m0/s1. The number of carbonyl (C=O) groups excluding carboxylic acids is 2. The predicted octanol–water partition coefficient (Wildman–Crippen LogP) is 4.37. The monoisotopic (exact) mass is 551 g/mol. The Morgan fingerprint density at radius 2 is 1.56 bits per heavy atom. The highest BCUT2D eigenvalue weighted by Gasteiger charge is 2.33. The van der Waals surface area contributed by atoms with Gasteiger partial charge in [0.25, 0.3) is 10.0 Å². The fourth-order valence-corrected chi connectivity index (χ4v) is 5.67. The summed E-state index contributed by atoms with van der Waals surface area (Å²) in [7, 11) is -1.01. The number of benzene rings is 3. The fourth-order valence-electron chi connectivity index (χ4n) is 4.26. The number of nitrogens with zero attached hydrogens (tertiary/aromatic N) is 2. The Hall–Kier alpha value is -3.85. The molecule has 3 aromatic rings. The Morgan fingerprint density at radius 3 is 2.10 bits per heavy atom. The molecule has 0 radical (unpaired) electrons. The number of ether oxygens (including phenoxy) is 1. The number of rotatable bonds is 11. The zero-order valence-corrected chi connectivity index (χ0v) is 24.2. The number of amides is 2. The molecule has 1 atom stereocenters. The van der Waals surface area contributed by atoms with E-state index in [2.05, 4.69) is 5.32 Å². The second kappa shape index (κ2) is 12.8. The minimum Gasteiger partial charge on any atom is -0.497 e. The van der Waals surface area contributed by atoms with Gasteiger partial charge in [0.2, 0.25) is 11.8 Å². The van der Waals surface area contributed by atoms with Gasteiger partial charge in [-0.1, -0.05) is 42.8 Å². The first kappa shape index (κ1) is 29.7. The van der Waals surface area contributed by atoms with Crippen molar-refractivity contribution in [3.63, 3.8) is 0 Å². The Morgan fingerprint density at radius 1 is 0.923 bits per heavy atom. The molecule has 1 N–H and O–H groups in total. The molecule has 0 aliphatic heterocycles. The summed E-state index contributed by atoms with van der Waals surface area (Å²) in [4.78, 5) is 28.3. The molecule has 0 saturated heterocycles. The molecule has 0 aromatic heterocycles. The summed E-state index contributed by atoms with van der Waals surface area (Å²) in [5.74, 6) is -0.145.